The molecule has 0 saturated heterocycles. The lowest BCUT2D eigenvalue weighted by molar-refractivity contribution is -0.138. The van der Waals surface area contributed by atoms with Gasteiger partial charge >= 0.3 is 12.8 Å². The van der Waals surface area contributed by atoms with E-state index in [0.717, 1.165) is 0 Å². The summed E-state index contributed by atoms with van der Waals surface area (Å²) < 4.78 is 65.2. The van der Waals surface area contributed by atoms with Crippen LogP contribution in [0.2, 0.25) is 0 Å². The molecule has 1 aromatic rings. The van der Waals surface area contributed by atoms with Crippen LogP contribution in [0.5, 0.6) is 5.75 Å². The first-order valence-electron chi connectivity index (χ1n) is 4.40. The fourth-order valence-electron chi connectivity index (χ4n) is 1.25. The summed E-state index contributed by atoms with van der Waals surface area (Å²) in [6, 6.07) is 0.736. The average molecular weight is 268 g/mol. The van der Waals surface area contributed by atoms with Crippen molar-refractivity contribution in [2.45, 2.75) is 12.8 Å². The van der Waals surface area contributed by atoms with Crippen LogP contribution in [-0.4, -0.2) is 19.2 Å². The zero-order chi connectivity index (χ0) is 13.9. The van der Waals surface area contributed by atoms with Crippen molar-refractivity contribution in [2.24, 2.45) is 0 Å². The Morgan fingerprint density at radius 2 is 1.61 bits per heavy atom. The Balaban J connectivity index is 3.43. The van der Waals surface area contributed by atoms with Crippen LogP contribution in [0.15, 0.2) is 12.1 Å². The van der Waals surface area contributed by atoms with Gasteiger partial charge in [-0.05, 0) is 12.1 Å². The zero-order valence-electron chi connectivity index (χ0n) is 8.50. The summed E-state index contributed by atoms with van der Waals surface area (Å²) in [4.78, 5) is 21.0. The molecule has 0 aromatic heterocycles. The highest BCUT2D eigenvalue weighted by Gasteiger charge is 2.34. The molecule has 3 nitrogen and oxygen atoms in total. The number of aldehydes is 2. The van der Waals surface area contributed by atoms with Gasteiger partial charge in [-0.25, -0.2) is 0 Å². The molecule has 18 heavy (non-hydrogen) atoms. The molecule has 0 saturated carbocycles. The maximum absolute atomic E-state index is 12.5. The number of hydrogen-bond acceptors (Lipinski definition) is 3. The fraction of sp³-hybridized carbons (Fsp3) is 0.200. The molecule has 0 unspecified atom stereocenters. The molecule has 0 radical (unpaired) electrons. The summed E-state index contributed by atoms with van der Waals surface area (Å²) in [5.41, 5.74) is -2.84. The first kappa shape index (κ1) is 14.1. The standard InChI is InChI=1S/C10H5F5O3/c11-9(12)18-8-2-7(10(13,14)15)5(3-16)1-6(8)4-17/h1-4,9H. The molecule has 1 rings (SSSR count). The van der Waals surface area contributed by atoms with Gasteiger partial charge in [-0.15, -0.1) is 0 Å². The molecule has 8 heteroatoms. The number of carbonyl (C=O) groups excluding carboxylic acids is 2. The molecule has 0 bridgehead atoms. The second-order valence-electron chi connectivity index (χ2n) is 3.09. The van der Waals surface area contributed by atoms with Crippen LogP contribution in [0, 0.1) is 0 Å². The lowest BCUT2D eigenvalue weighted by Gasteiger charge is -2.13. The quantitative estimate of drug-likeness (QED) is 0.623. The van der Waals surface area contributed by atoms with Crippen LogP contribution < -0.4 is 4.74 Å². The Bertz CT molecular complexity index is 467. The largest absolute Gasteiger partial charge is 0.434 e. The van der Waals surface area contributed by atoms with Gasteiger partial charge in [0.2, 0.25) is 0 Å². The van der Waals surface area contributed by atoms with E-state index in [-0.39, 0.29) is 18.6 Å². The lowest BCUT2D eigenvalue weighted by Crippen LogP contribution is -2.12. The fourth-order valence-corrected chi connectivity index (χ4v) is 1.25. The highest BCUT2D eigenvalue weighted by molar-refractivity contribution is 5.86. The van der Waals surface area contributed by atoms with Crippen LogP contribution in [0.4, 0.5) is 22.0 Å². The normalized spacial score (nSPS) is 11.4. The first-order valence-corrected chi connectivity index (χ1v) is 4.40. The van der Waals surface area contributed by atoms with E-state index in [4.69, 9.17) is 0 Å². The molecule has 0 spiro atoms. The van der Waals surface area contributed by atoms with Crippen LogP contribution in [0.3, 0.4) is 0 Å². The summed E-state index contributed by atoms with van der Waals surface area (Å²) in [7, 11) is 0. The van der Waals surface area contributed by atoms with Gasteiger partial charge in [-0.2, -0.15) is 22.0 Å². The molecule has 0 aliphatic heterocycles. The van der Waals surface area contributed by atoms with Crippen molar-refractivity contribution in [3.05, 3.63) is 28.8 Å². The molecule has 1 aromatic carbocycles. The Hall–Kier alpha value is -1.99. The van der Waals surface area contributed by atoms with E-state index in [9.17, 15) is 31.5 Å². The summed E-state index contributed by atoms with van der Waals surface area (Å²) in [6.07, 6.45) is -5.02. The van der Waals surface area contributed by atoms with Crippen molar-refractivity contribution in [3.8, 4) is 5.75 Å². The Morgan fingerprint density at radius 1 is 1.06 bits per heavy atom. The highest BCUT2D eigenvalue weighted by Crippen LogP contribution is 2.35. The van der Waals surface area contributed by atoms with E-state index in [0.29, 0.717) is 6.07 Å². The van der Waals surface area contributed by atoms with Crippen LogP contribution in [-0.2, 0) is 6.18 Å². The number of alkyl halides is 5. The van der Waals surface area contributed by atoms with Crippen molar-refractivity contribution in [3.63, 3.8) is 0 Å². The average Bonchev–Trinajstić information content (AvgIpc) is 2.26. The topological polar surface area (TPSA) is 43.4 Å². The van der Waals surface area contributed by atoms with Crippen LogP contribution in [0.25, 0.3) is 0 Å². The van der Waals surface area contributed by atoms with Gasteiger partial charge in [0.1, 0.15) is 5.75 Å². The second-order valence-corrected chi connectivity index (χ2v) is 3.09. The summed E-state index contributed by atoms with van der Waals surface area (Å²) in [5, 5.41) is 0. The summed E-state index contributed by atoms with van der Waals surface area (Å²) >= 11 is 0. The molecule has 0 atom stereocenters. The number of halogens is 5. The Labute approximate surface area is 97.2 Å². The molecular formula is C10H5F5O3. The number of rotatable bonds is 4. The lowest BCUT2D eigenvalue weighted by atomic mass is 10.0. The molecule has 98 valence electrons. The minimum atomic E-state index is -4.92. The Morgan fingerprint density at radius 3 is 2.00 bits per heavy atom. The SMILES string of the molecule is O=Cc1cc(C=O)c(C(F)(F)F)cc1OC(F)F. The van der Waals surface area contributed by atoms with Crippen molar-refractivity contribution < 1.29 is 36.3 Å². The van der Waals surface area contributed by atoms with Gasteiger partial charge in [0.25, 0.3) is 0 Å². The number of benzene rings is 1. The van der Waals surface area contributed by atoms with Gasteiger partial charge in [0, 0.05) is 5.56 Å². The van der Waals surface area contributed by atoms with Crippen LogP contribution in [0.1, 0.15) is 26.3 Å². The Kier molecular flexibility index (Phi) is 4.00. The second kappa shape index (κ2) is 5.11. The summed E-state index contributed by atoms with van der Waals surface area (Å²) in [6.45, 7) is -3.38. The van der Waals surface area contributed by atoms with E-state index in [1.165, 1.54) is 0 Å². The van der Waals surface area contributed by atoms with E-state index in [1.54, 1.807) is 0 Å². The van der Waals surface area contributed by atoms with E-state index in [1.807, 2.05) is 0 Å². The molecule has 0 aliphatic carbocycles. The maximum Gasteiger partial charge on any atom is 0.417 e. The van der Waals surface area contributed by atoms with Crippen molar-refractivity contribution in [1.29, 1.82) is 0 Å². The molecule has 0 heterocycles. The first-order chi connectivity index (χ1) is 8.29. The third-order valence-electron chi connectivity index (χ3n) is 1.96. The molecule has 0 amide bonds. The summed E-state index contributed by atoms with van der Waals surface area (Å²) in [5.74, 6) is -0.932. The minimum absolute atomic E-state index is 0.0187. The molecule has 0 aliphatic rings. The predicted octanol–water partition coefficient (Wildman–Crippen LogP) is 2.93. The van der Waals surface area contributed by atoms with Gasteiger partial charge < -0.3 is 4.74 Å². The molecular weight excluding hydrogens is 263 g/mol. The van der Waals surface area contributed by atoms with E-state index < -0.39 is 35.2 Å². The monoisotopic (exact) mass is 268 g/mol. The van der Waals surface area contributed by atoms with Crippen molar-refractivity contribution in [1.82, 2.24) is 0 Å². The number of carbonyl (C=O) groups is 2. The van der Waals surface area contributed by atoms with Gasteiger partial charge in [-0.3, -0.25) is 9.59 Å². The zero-order valence-corrected chi connectivity index (χ0v) is 8.50. The third kappa shape index (κ3) is 3.02. The smallest absolute Gasteiger partial charge is 0.417 e. The predicted molar refractivity (Wildman–Crippen MR) is 48.9 cm³/mol. The van der Waals surface area contributed by atoms with Crippen LogP contribution >= 0.6 is 0 Å². The van der Waals surface area contributed by atoms with Crippen molar-refractivity contribution in [2.75, 3.05) is 0 Å². The van der Waals surface area contributed by atoms with Crippen molar-refractivity contribution >= 4 is 12.6 Å². The molecule has 0 fully saturated rings. The van der Waals surface area contributed by atoms with Gasteiger partial charge in [0.15, 0.2) is 12.6 Å². The van der Waals surface area contributed by atoms with Gasteiger partial charge in [0.05, 0.1) is 11.1 Å². The highest BCUT2D eigenvalue weighted by atomic mass is 19.4. The van der Waals surface area contributed by atoms with E-state index in [2.05, 4.69) is 4.74 Å². The maximum atomic E-state index is 12.5. The third-order valence-corrected chi connectivity index (χ3v) is 1.96. The number of hydrogen-bond donors (Lipinski definition) is 0. The van der Waals surface area contributed by atoms with E-state index >= 15 is 0 Å². The minimum Gasteiger partial charge on any atom is -0.434 e. The van der Waals surface area contributed by atoms with Gasteiger partial charge in [-0.1, -0.05) is 0 Å². The number of ether oxygens (including phenoxy) is 1. The molecule has 0 N–H and O–H groups in total.